The van der Waals surface area contributed by atoms with Gasteiger partial charge in [0.2, 0.25) is 0 Å². The standard InChI is InChI=1S/C20H28N4O/c1-17-5-3-6-18(13-17)24-9-4-7-20(16-24)15-23(11-12-25-20)14-19-21-8-10-22(19)2/h3,5-6,8,10,13H,4,7,9,11-12,14-16H2,1-2H3. The molecule has 134 valence electrons. The van der Waals surface area contributed by atoms with E-state index < -0.39 is 0 Å². The molecule has 1 aromatic heterocycles. The maximum Gasteiger partial charge on any atom is 0.122 e. The van der Waals surface area contributed by atoms with Crippen LogP contribution >= 0.6 is 0 Å². The molecule has 2 saturated heterocycles. The van der Waals surface area contributed by atoms with Gasteiger partial charge in [0.25, 0.3) is 0 Å². The Morgan fingerprint density at radius 2 is 2.16 bits per heavy atom. The lowest BCUT2D eigenvalue weighted by atomic mass is 9.90. The second-order valence-corrected chi connectivity index (χ2v) is 7.56. The second kappa shape index (κ2) is 6.81. The van der Waals surface area contributed by atoms with Gasteiger partial charge in [-0.1, -0.05) is 12.1 Å². The molecule has 1 aromatic carbocycles. The van der Waals surface area contributed by atoms with Crippen LogP contribution in [-0.4, -0.2) is 52.8 Å². The third-order valence-corrected chi connectivity index (χ3v) is 5.52. The van der Waals surface area contributed by atoms with E-state index in [0.29, 0.717) is 0 Å². The molecule has 0 aliphatic carbocycles. The molecule has 1 unspecified atom stereocenters. The largest absolute Gasteiger partial charge is 0.370 e. The van der Waals surface area contributed by atoms with E-state index in [-0.39, 0.29) is 5.60 Å². The highest BCUT2D eigenvalue weighted by Gasteiger charge is 2.40. The number of aromatic nitrogens is 2. The second-order valence-electron chi connectivity index (χ2n) is 7.56. The summed E-state index contributed by atoms with van der Waals surface area (Å²) in [6.45, 7) is 7.95. The summed E-state index contributed by atoms with van der Waals surface area (Å²) in [5, 5.41) is 0. The molecule has 4 rings (SSSR count). The van der Waals surface area contributed by atoms with Crippen LogP contribution in [0.3, 0.4) is 0 Å². The van der Waals surface area contributed by atoms with Crippen LogP contribution in [-0.2, 0) is 18.3 Å². The molecule has 0 amide bonds. The van der Waals surface area contributed by atoms with Crippen LogP contribution in [0.2, 0.25) is 0 Å². The molecular weight excluding hydrogens is 312 g/mol. The van der Waals surface area contributed by atoms with Crippen molar-refractivity contribution in [1.29, 1.82) is 0 Å². The molecule has 25 heavy (non-hydrogen) atoms. The molecule has 2 aliphatic heterocycles. The number of benzene rings is 1. The van der Waals surface area contributed by atoms with Crippen LogP contribution in [0.5, 0.6) is 0 Å². The predicted molar refractivity (Wildman–Crippen MR) is 99.8 cm³/mol. The average molecular weight is 340 g/mol. The van der Waals surface area contributed by atoms with Crippen LogP contribution in [0.15, 0.2) is 36.7 Å². The van der Waals surface area contributed by atoms with E-state index in [1.807, 2.05) is 12.4 Å². The van der Waals surface area contributed by atoms with E-state index in [9.17, 15) is 0 Å². The first kappa shape index (κ1) is 16.6. The Kier molecular flexibility index (Phi) is 4.52. The topological polar surface area (TPSA) is 33.5 Å². The van der Waals surface area contributed by atoms with Crippen LogP contribution < -0.4 is 4.90 Å². The van der Waals surface area contributed by atoms with Gasteiger partial charge in [0.1, 0.15) is 5.82 Å². The summed E-state index contributed by atoms with van der Waals surface area (Å²) in [6.07, 6.45) is 6.23. The molecule has 2 aliphatic rings. The van der Waals surface area contributed by atoms with E-state index >= 15 is 0 Å². The quantitative estimate of drug-likeness (QED) is 0.860. The Morgan fingerprint density at radius 3 is 2.96 bits per heavy atom. The summed E-state index contributed by atoms with van der Waals surface area (Å²) in [4.78, 5) is 9.49. The van der Waals surface area contributed by atoms with Crippen LogP contribution in [0.25, 0.3) is 0 Å². The highest BCUT2D eigenvalue weighted by atomic mass is 16.5. The van der Waals surface area contributed by atoms with E-state index in [1.165, 1.54) is 17.7 Å². The Labute approximate surface area is 150 Å². The number of aryl methyl sites for hydroxylation is 2. The minimum absolute atomic E-state index is 0.0502. The fourth-order valence-electron chi connectivity index (χ4n) is 4.20. The molecule has 0 saturated carbocycles. The molecule has 5 heteroatoms. The van der Waals surface area contributed by atoms with Gasteiger partial charge in [0.05, 0.1) is 18.8 Å². The number of nitrogens with zero attached hydrogens (tertiary/aromatic N) is 4. The Bertz CT molecular complexity index is 724. The first-order chi connectivity index (χ1) is 12.1. The summed E-state index contributed by atoms with van der Waals surface area (Å²) < 4.78 is 8.47. The highest BCUT2D eigenvalue weighted by molar-refractivity contribution is 5.49. The summed E-state index contributed by atoms with van der Waals surface area (Å²) in [6, 6.07) is 8.82. The molecule has 0 N–H and O–H groups in total. The normalized spacial score (nSPS) is 24.8. The van der Waals surface area contributed by atoms with E-state index in [4.69, 9.17) is 4.74 Å². The van der Waals surface area contributed by atoms with Gasteiger partial charge in [-0.15, -0.1) is 0 Å². The van der Waals surface area contributed by atoms with Crippen molar-refractivity contribution in [1.82, 2.24) is 14.5 Å². The van der Waals surface area contributed by atoms with E-state index in [2.05, 4.69) is 57.6 Å². The number of piperidine rings is 1. The lowest BCUT2D eigenvalue weighted by Gasteiger charge is -2.48. The fraction of sp³-hybridized carbons (Fsp3) is 0.550. The zero-order chi connectivity index (χ0) is 17.3. The van der Waals surface area contributed by atoms with Crippen molar-refractivity contribution in [2.45, 2.75) is 31.9 Å². The van der Waals surface area contributed by atoms with Crippen LogP contribution in [0.4, 0.5) is 5.69 Å². The maximum atomic E-state index is 6.36. The van der Waals surface area contributed by atoms with Gasteiger partial charge in [0.15, 0.2) is 0 Å². The predicted octanol–water partition coefficient (Wildman–Crippen LogP) is 2.60. The molecule has 1 spiro atoms. The molecule has 1 atom stereocenters. The number of anilines is 1. The lowest BCUT2D eigenvalue weighted by molar-refractivity contribution is -0.116. The minimum atomic E-state index is -0.0502. The van der Waals surface area contributed by atoms with Gasteiger partial charge >= 0.3 is 0 Å². The number of hydrogen-bond donors (Lipinski definition) is 0. The summed E-state index contributed by atoms with van der Waals surface area (Å²) in [5.41, 5.74) is 2.59. The zero-order valence-corrected chi connectivity index (χ0v) is 15.3. The van der Waals surface area contributed by atoms with Crippen molar-refractivity contribution in [3.8, 4) is 0 Å². The Morgan fingerprint density at radius 1 is 1.24 bits per heavy atom. The molecule has 3 heterocycles. The fourth-order valence-corrected chi connectivity index (χ4v) is 4.20. The van der Waals surface area contributed by atoms with Crippen molar-refractivity contribution < 1.29 is 4.74 Å². The van der Waals surface area contributed by atoms with Gasteiger partial charge < -0.3 is 14.2 Å². The Balaban J connectivity index is 1.47. The monoisotopic (exact) mass is 340 g/mol. The van der Waals surface area contributed by atoms with Crippen LogP contribution in [0, 0.1) is 6.92 Å². The first-order valence-corrected chi connectivity index (χ1v) is 9.28. The highest BCUT2D eigenvalue weighted by Crippen LogP contribution is 2.32. The van der Waals surface area contributed by atoms with Gasteiger partial charge in [-0.25, -0.2) is 4.98 Å². The number of morpholine rings is 1. The van der Waals surface area contributed by atoms with Crippen LogP contribution in [0.1, 0.15) is 24.2 Å². The molecule has 5 nitrogen and oxygen atoms in total. The number of rotatable bonds is 3. The first-order valence-electron chi connectivity index (χ1n) is 9.28. The van der Waals surface area contributed by atoms with Crippen molar-refractivity contribution in [2.24, 2.45) is 7.05 Å². The number of imidazole rings is 1. The third kappa shape index (κ3) is 3.58. The molecule has 2 fully saturated rings. The lowest BCUT2D eigenvalue weighted by Crippen LogP contribution is -2.59. The smallest absolute Gasteiger partial charge is 0.122 e. The van der Waals surface area contributed by atoms with E-state index in [1.54, 1.807) is 0 Å². The maximum absolute atomic E-state index is 6.36. The third-order valence-electron chi connectivity index (χ3n) is 5.52. The molecule has 0 bridgehead atoms. The number of hydrogen-bond acceptors (Lipinski definition) is 4. The minimum Gasteiger partial charge on any atom is -0.370 e. The van der Waals surface area contributed by atoms with Gasteiger partial charge in [-0.05, 0) is 37.5 Å². The summed E-state index contributed by atoms with van der Waals surface area (Å²) in [5.74, 6) is 1.13. The van der Waals surface area contributed by atoms with Crippen molar-refractivity contribution in [3.05, 3.63) is 48.0 Å². The van der Waals surface area contributed by atoms with Crippen molar-refractivity contribution in [2.75, 3.05) is 37.7 Å². The molecule has 0 radical (unpaired) electrons. The van der Waals surface area contributed by atoms with Crippen molar-refractivity contribution >= 4 is 5.69 Å². The summed E-state index contributed by atoms with van der Waals surface area (Å²) in [7, 11) is 2.07. The van der Waals surface area contributed by atoms with E-state index in [0.717, 1.165) is 51.6 Å². The van der Waals surface area contributed by atoms with Gasteiger partial charge in [0, 0.05) is 51.3 Å². The molecular formula is C20H28N4O. The zero-order valence-electron chi connectivity index (χ0n) is 15.3. The van der Waals surface area contributed by atoms with Gasteiger partial charge in [-0.3, -0.25) is 4.90 Å². The average Bonchev–Trinajstić information content (AvgIpc) is 3.00. The summed E-state index contributed by atoms with van der Waals surface area (Å²) >= 11 is 0. The van der Waals surface area contributed by atoms with Crippen molar-refractivity contribution in [3.63, 3.8) is 0 Å². The Hall–Kier alpha value is -1.85. The molecule has 2 aromatic rings. The number of ether oxygens (including phenoxy) is 1. The SMILES string of the molecule is Cc1cccc(N2CCCC3(CN(Cc4nccn4C)CCO3)C2)c1. The van der Waals surface area contributed by atoms with Gasteiger partial charge in [-0.2, -0.15) is 0 Å².